The minimum atomic E-state index is 0.414. The SMILES string of the molecule is COc1cccc(CNc2nc(Cl)ccc2N)c1. The van der Waals surface area contributed by atoms with Gasteiger partial charge in [-0.05, 0) is 29.8 Å². The van der Waals surface area contributed by atoms with Gasteiger partial charge in [0.1, 0.15) is 10.9 Å². The van der Waals surface area contributed by atoms with E-state index in [0.29, 0.717) is 23.2 Å². The zero-order chi connectivity index (χ0) is 13.0. The number of halogens is 1. The number of nitrogens with zero attached hydrogens (tertiary/aromatic N) is 1. The molecule has 2 aromatic rings. The topological polar surface area (TPSA) is 60.2 Å². The summed E-state index contributed by atoms with van der Waals surface area (Å²) < 4.78 is 5.16. The average Bonchev–Trinajstić information content (AvgIpc) is 2.40. The quantitative estimate of drug-likeness (QED) is 0.833. The van der Waals surface area contributed by atoms with Crippen LogP contribution in [0, 0.1) is 0 Å². The second kappa shape index (κ2) is 5.60. The van der Waals surface area contributed by atoms with Crippen molar-refractivity contribution in [2.24, 2.45) is 0 Å². The van der Waals surface area contributed by atoms with E-state index in [1.807, 2.05) is 24.3 Å². The molecule has 0 bridgehead atoms. The predicted molar refractivity (Wildman–Crippen MR) is 74.0 cm³/mol. The molecule has 5 heteroatoms. The fourth-order valence-corrected chi connectivity index (χ4v) is 1.70. The van der Waals surface area contributed by atoms with Crippen molar-refractivity contribution in [3.05, 3.63) is 47.1 Å². The van der Waals surface area contributed by atoms with Crippen LogP contribution >= 0.6 is 11.6 Å². The highest BCUT2D eigenvalue weighted by molar-refractivity contribution is 6.29. The van der Waals surface area contributed by atoms with Gasteiger partial charge in [-0.15, -0.1) is 0 Å². The minimum absolute atomic E-state index is 0.414. The Morgan fingerprint density at radius 2 is 2.17 bits per heavy atom. The molecule has 0 amide bonds. The molecule has 0 aliphatic carbocycles. The summed E-state index contributed by atoms with van der Waals surface area (Å²) in [7, 11) is 1.64. The number of nitrogen functional groups attached to an aromatic ring is 1. The smallest absolute Gasteiger partial charge is 0.151 e. The van der Waals surface area contributed by atoms with Gasteiger partial charge in [0.15, 0.2) is 5.82 Å². The Hall–Kier alpha value is -1.94. The molecule has 0 radical (unpaired) electrons. The highest BCUT2D eigenvalue weighted by atomic mass is 35.5. The third-order valence-electron chi connectivity index (χ3n) is 2.49. The number of aromatic nitrogens is 1. The number of nitrogens with one attached hydrogen (secondary N) is 1. The van der Waals surface area contributed by atoms with E-state index in [2.05, 4.69) is 10.3 Å². The number of methoxy groups -OCH3 is 1. The maximum absolute atomic E-state index is 5.82. The van der Waals surface area contributed by atoms with Gasteiger partial charge in [0.05, 0.1) is 12.8 Å². The van der Waals surface area contributed by atoms with E-state index in [4.69, 9.17) is 22.1 Å². The van der Waals surface area contributed by atoms with Crippen LogP contribution in [0.2, 0.25) is 5.15 Å². The number of hydrogen-bond donors (Lipinski definition) is 2. The van der Waals surface area contributed by atoms with Gasteiger partial charge in [0, 0.05) is 6.54 Å². The molecule has 94 valence electrons. The lowest BCUT2D eigenvalue weighted by Gasteiger charge is -2.09. The van der Waals surface area contributed by atoms with Gasteiger partial charge < -0.3 is 15.8 Å². The predicted octanol–water partition coefficient (Wildman–Crippen LogP) is 2.94. The first-order chi connectivity index (χ1) is 8.69. The molecule has 0 atom stereocenters. The number of hydrogen-bond acceptors (Lipinski definition) is 4. The van der Waals surface area contributed by atoms with Crippen molar-refractivity contribution in [3.63, 3.8) is 0 Å². The monoisotopic (exact) mass is 263 g/mol. The van der Waals surface area contributed by atoms with Crippen molar-refractivity contribution in [2.45, 2.75) is 6.54 Å². The first kappa shape index (κ1) is 12.5. The number of anilines is 2. The molecular formula is C13H14ClN3O. The molecule has 4 nitrogen and oxygen atoms in total. The Balaban J connectivity index is 2.08. The van der Waals surface area contributed by atoms with Crippen LogP contribution in [0.15, 0.2) is 36.4 Å². The normalized spacial score (nSPS) is 10.1. The highest BCUT2D eigenvalue weighted by Gasteiger charge is 2.02. The van der Waals surface area contributed by atoms with Crippen LogP contribution in [0.25, 0.3) is 0 Å². The number of nitrogens with two attached hydrogens (primary N) is 1. The van der Waals surface area contributed by atoms with Crippen LogP contribution in [-0.4, -0.2) is 12.1 Å². The summed E-state index contributed by atoms with van der Waals surface area (Å²) >= 11 is 5.82. The second-order valence-electron chi connectivity index (χ2n) is 3.78. The molecule has 3 N–H and O–H groups in total. The van der Waals surface area contributed by atoms with Crippen molar-refractivity contribution in [1.29, 1.82) is 0 Å². The van der Waals surface area contributed by atoms with Crippen molar-refractivity contribution in [1.82, 2.24) is 4.98 Å². The van der Waals surface area contributed by atoms with Crippen LogP contribution < -0.4 is 15.8 Å². The first-order valence-electron chi connectivity index (χ1n) is 5.48. The molecule has 2 rings (SSSR count). The Morgan fingerprint density at radius 1 is 1.33 bits per heavy atom. The molecule has 0 spiro atoms. The average molecular weight is 264 g/mol. The summed E-state index contributed by atoms with van der Waals surface area (Å²) in [6, 6.07) is 11.2. The number of benzene rings is 1. The highest BCUT2D eigenvalue weighted by Crippen LogP contribution is 2.20. The fourth-order valence-electron chi connectivity index (χ4n) is 1.56. The van der Waals surface area contributed by atoms with E-state index in [-0.39, 0.29) is 0 Å². The Bertz CT molecular complexity index is 546. The molecule has 0 aliphatic rings. The lowest BCUT2D eigenvalue weighted by atomic mass is 10.2. The van der Waals surface area contributed by atoms with Crippen LogP contribution in [-0.2, 0) is 6.54 Å². The van der Waals surface area contributed by atoms with E-state index in [0.717, 1.165) is 11.3 Å². The summed E-state index contributed by atoms with van der Waals surface area (Å²) in [4.78, 5) is 4.13. The summed E-state index contributed by atoms with van der Waals surface area (Å²) in [6.45, 7) is 0.606. The number of pyridine rings is 1. The standard InChI is InChI=1S/C13H14ClN3O/c1-18-10-4-2-3-9(7-10)8-16-13-11(15)5-6-12(14)17-13/h2-7H,8,15H2,1H3,(H,16,17). The van der Waals surface area contributed by atoms with Crippen LogP contribution in [0.5, 0.6) is 5.75 Å². The summed E-state index contributed by atoms with van der Waals surface area (Å²) in [6.07, 6.45) is 0. The Labute approximate surface area is 111 Å². The molecule has 0 saturated carbocycles. The van der Waals surface area contributed by atoms with E-state index in [1.54, 1.807) is 19.2 Å². The summed E-state index contributed by atoms with van der Waals surface area (Å²) in [5.41, 5.74) is 7.45. The number of ether oxygens (including phenoxy) is 1. The van der Waals surface area contributed by atoms with E-state index in [1.165, 1.54) is 0 Å². The molecular weight excluding hydrogens is 250 g/mol. The second-order valence-corrected chi connectivity index (χ2v) is 4.16. The van der Waals surface area contributed by atoms with Gasteiger partial charge in [-0.2, -0.15) is 0 Å². The van der Waals surface area contributed by atoms with Crippen molar-refractivity contribution in [2.75, 3.05) is 18.2 Å². The molecule has 0 saturated heterocycles. The van der Waals surface area contributed by atoms with Gasteiger partial charge in [-0.25, -0.2) is 4.98 Å². The Kier molecular flexibility index (Phi) is 3.89. The van der Waals surface area contributed by atoms with Crippen LogP contribution in [0.4, 0.5) is 11.5 Å². The number of rotatable bonds is 4. The molecule has 0 unspecified atom stereocenters. The van der Waals surface area contributed by atoms with Crippen molar-refractivity contribution >= 4 is 23.1 Å². The molecule has 1 aromatic heterocycles. The molecule has 0 fully saturated rings. The minimum Gasteiger partial charge on any atom is -0.497 e. The van der Waals surface area contributed by atoms with Crippen LogP contribution in [0.1, 0.15) is 5.56 Å². The lowest BCUT2D eigenvalue weighted by Crippen LogP contribution is -2.04. The third kappa shape index (κ3) is 3.05. The van der Waals surface area contributed by atoms with E-state index >= 15 is 0 Å². The largest absolute Gasteiger partial charge is 0.497 e. The zero-order valence-corrected chi connectivity index (χ0v) is 10.7. The van der Waals surface area contributed by atoms with Gasteiger partial charge in [-0.1, -0.05) is 23.7 Å². The molecule has 1 heterocycles. The van der Waals surface area contributed by atoms with E-state index < -0.39 is 0 Å². The first-order valence-corrected chi connectivity index (χ1v) is 5.85. The van der Waals surface area contributed by atoms with Gasteiger partial charge >= 0.3 is 0 Å². The third-order valence-corrected chi connectivity index (χ3v) is 2.70. The summed E-state index contributed by atoms with van der Waals surface area (Å²) in [5, 5.41) is 3.56. The van der Waals surface area contributed by atoms with Crippen molar-refractivity contribution < 1.29 is 4.74 Å². The zero-order valence-electron chi connectivity index (χ0n) is 9.98. The maximum atomic E-state index is 5.82. The maximum Gasteiger partial charge on any atom is 0.151 e. The fraction of sp³-hybridized carbons (Fsp3) is 0.154. The van der Waals surface area contributed by atoms with Crippen LogP contribution in [0.3, 0.4) is 0 Å². The molecule has 1 aromatic carbocycles. The lowest BCUT2D eigenvalue weighted by molar-refractivity contribution is 0.414. The molecule has 18 heavy (non-hydrogen) atoms. The van der Waals surface area contributed by atoms with Gasteiger partial charge in [0.2, 0.25) is 0 Å². The van der Waals surface area contributed by atoms with Crippen molar-refractivity contribution in [3.8, 4) is 5.75 Å². The Morgan fingerprint density at radius 3 is 2.94 bits per heavy atom. The molecule has 0 aliphatic heterocycles. The van der Waals surface area contributed by atoms with Gasteiger partial charge in [0.25, 0.3) is 0 Å². The van der Waals surface area contributed by atoms with E-state index in [9.17, 15) is 0 Å². The van der Waals surface area contributed by atoms with Gasteiger partial charge in [-0.3, -0.25) is 0 Å². The summed E-state index contributed by atoms with van der Waals surface area (Å²) in [5.74, 6) is 1.41.